The third kappa shape index (κ3) is 8.48. The number of aryl methyl sites for hydroxylation is 1. The molecule has 3 aliphatic rings. The Balaban J connectivity index is 0.933. The fraction of sp³-hybridized carbons (Fsp3) is 0.150. The molecule has 0 saturated heterocycles. The van der Waals surface area contributed by atoms with Crippen molar-refractivity contribution in [3.63, 3.8) is 0 Å². The smallest absolute Gasteiger partial charge is 0.134 e. The number of nitrogens with zero attached hydrogens (tertiary/aromatic N) is 2. The van der Waals surface area contributed by atoms with E-state index in [4.69, 9.17) is 4.42 Å². The molecule has 0 saturated carbocycles. The first-order valence-corrected chi connectivity index (χ1v) is 30.7. The van der Waals surface area contributed by atoms with E-state index < -0.39 is 0 Å². The molecule has 11 aromatic carbocycles. The Kier molecular flexibility index (Phi) is 12.5. The van der Waals surface area contributed by atoms with E-state index in [1.807, 2.05) is 11.8 Å². The van der Waals surface area contributed by atoms with Crippen molar-refractivity contribution in [2.45, 2.75) is 87.3 Å². The average Bonchev–Trinajstić information content (AvgIpc) is 3.45. The van der Waals surface area contributed by atoms with Crippen molar-refractivity contribution in [1.29, 1.82) is 0 Å². The lowest BCUT2D eigenvalue weighted by atomic mass is 9.82. The number of furan rings is 1. The van der Waals surface area contributed by atoms with Gasteiger partial charge in [-0.3, -0.25) is 0 Å². The lowest BCUT2D eigenvalue weighted by Gasteiger charge is -2.32. The third-order valence-electron chi connectivity index (χ3n) is 18.5. The summed E-state index contributed by atoms with van der Waals surface area (Å²) in [6.45, 7) is 14.1. The molecular weight excluding hydrogens is 1040 g/mol. The molecule has 0 amide bonds. The van der Waals surface area contributed by atoms with Gasteiger partial charge in [0.25, 0.3) is 0 Å². The van der Waals surface area contributed by atoms with Crippen molar-refractivity contribution < 1.29 is 4.42 Å². The van der Waals surface area contributed by atoms with Crippen molar-refractivity contribution in [3.8, 4) is 22.3 Å². The summed E-state index contributed by atoms with van der Waals surface area (Å²) in [4.78, 5) is 7.63. The molecule has 408 valence electrons. The Morgan fingerprint density at radius 1 is 0.488 bits per heavy atom. The SMILES string of the molecule is CCCc1oc2ccccc2c1/C(=C/c1cccc2c1C(C/C=C(\C)N(c1ccc3c(c1)C(C)(C)c1ccccc1-3)c1ccc3ccccc3c1)c1ccccc1S2)N(c1ccc2c(c1)C(C)(C)c1ccccc1-2)c1ccc2ccccc2c1. The van der Waals surface area contributed by atoms with Crippen LogP contribution >= 0.6 is 11.8 Å². The Morgan fingerprint density at radius 2 is 1.00 bits per heavy atom. The van der Waals surface area contributed by atoms with Crippen molar-refractivity contribution in [2.75, 3.05) is 9.80 Å². The molecule has 15 rings (SSSR count). The molecule has 0 bridgehead atoms. The third-order valence-corrected chi connectivity index (χ3v) is 19.7. The summed E-state index contributed by atoms with van der Waals surface area (Å²) in [5.74, 6) is 1.04. The maximum absolute atomic E-state index is 7.03. The number of benzene rings is 11. The first kappa shape index (κ1) is 51.8. The van der Waals surface area contributed by atoms with E-state index in [-0.39, 0.29) is 16.7 Å². The molecule has 0 spiro atoms. The van der Waals surface area contributed by atoms with Crippen LogP contribution in [0.4, 0.5) is 22.7 Å². The Hall–Kier alpha value is -9.09. The lowest BCUT2D eigenvalue weighted by Crippen LogP contribution is -2.19. The van der Waals surface area contributed by atoms with Gasteiger partial charge in [-0.15, -0.1) is 0 Å². The van der Waals surface area contributed by atoms with E-state index in [1.54, 1.807) is 0 Å². The van der Waals surface area contributed by atoms with Gasteiger partial charge in [-0.25, -0.2) is 0 Å². The fourth-order valence-corrected chi connectivity index (χ4v) is 15.6. The van der Waals surface area contributed by atoms with Gasteiger partial charge in [0, 0.05) is 72.4 Å². The number of anilines is 4. The summed E-state index contributed by atoms with van der Waals surface area (Å²) in [5, 5.41) is 5.97. The predicted octanol–water partition coefficient (Wildman–Crippen LogP) is 22.4. The zero-order valence-electron chi connectivity index (χ0n) is 48.6. The number of rotatable bonds is 12. The van der Waals surface area contributed by atoms with Gasteiger partial charge >= 0.3 is 0 Å². The normalized spacial score (nSPS) is 15.3. The topological polar surface area (TPSA) is 19.6 Å². The Morgan fingerprint density at radius 3 is 1.65 bits per heavy atom. The standard InChI is InChI=1S/C80H66N2OS/c1-7-21-74-78(67-30-14-18-33-73(67)83-74)72(82(58-40-38-53-23-9-11-25-55(53)47-58)60-42-45-64-62-28-13-17-32-69(62)80(5,6)71(64)50-60)48-56-26-20-35-76-77(56)66(65-29-15-19-34-75(65)84-76)43-36-51(2)81(57-39-37-52-22-8-10-24-54(52)46-57)59-41-44-63-61-27-12-16-31-68(61)79(3,4)70(63)49-59/h8-20,22-42,44-50,66H,7,21,43H2,1-6H3/b51-36+,72-48-. The number of fused-ring (bicyclic) bond motifs is 11. The largest absolute Gasteiger partial charge is 0.460 e. The van der Waals surface area contributed by atoms with Crippen LogP contribution < -0.4 is 9.80 Å². The fourth-order valence-electron chi connectivity index (χ4n) is 14.4. The van der Waals surface area contributed by atoms with Crippen LogP contribution in [0.5, 0.6) is 0 Å². The van der Waals surface area contributed by atoms with Crippen molar-refractivity contribution in [1.82, 2.24) is 0 Å². The zero-order chi connectivity index (χ0) is 56.8. The lowest BCUT2D eigenvalue weighted by molar-refractivity contribution is 0.543. The number of allylic oxidation sites excluding steroid dienone is 2. The van der Waals surface area contributed by atoms with Crippen molar-refractivity contribution >= 4 is 78.8 Å². The number of hydrogen-bond donors (Lipinski definition) is 0. The monoisotopic (exact) mass is 1100 g/mol. The summed E-state index contributed by atoms with van der Waals surface area (Å²) in [5.41, 5.74) is 23.0. The molecule has 1 aromatic heterocycles. The van der Waals surface area contributed by atoms with Gasteiger partial charge in [-0.05, 0) is 175 Å². The highest BCUT2D eigenvalue weighted by molar-refractivity contribution is 7.99. The number of para-hydroxylation sites is 1. The quantitative estimate of drug-likeness (QED) is 0.121. The van der Waals surface area contributed by atoms with E-state index in [1.165, 1.54) is 98.2 Å². The van der Waals surface area contributed by atoms with E-state index >= 15 is 0 Å². The van der Waals surface area contributed by atoms with Crippen LogP contribution in [0, 0.1) is 0 Å². The molecule has 1 atom stereocenters. The molecule has 2 heterocycles. The van der Waals surface area contributed by atoms with Gasteiger partial charge in [0.1, 0.15) is 11.3 Å². The minimum atomic E-state index is -0.203. The summed E-state index contributed by atoms with van der Waals surface area (Å²) in [6, 6.07) is 88.4. The molecular formula is C80H66N2OS. The van der Waals surface area contributed by atoms with Crippen molar-refractivity contribution in [2.24, 2.45) is 0 Å². The minimum Gasteiger partial charge on any atom is -0.460 e. The minimum absolute atomic E-state index is 0.0395. The molecule has 1 unspecified atom stereocenters. The van der Waals surface area contributed by atoms with E-state index in [0.29, 0.717) is 0 Å². The second kappa shape index (κ2) is 20.4. The van der Waals surface area contributed by atoms with Crippen LogP contribution in [0.25, 0.3) is 66.5 Å². The first-order valence-electron chi connectivity index (χ1n) is 29.9. The van der Waals surface area contributed by atoms with Gasteiger partial charge < -0.3 is 14.2 Å². The Labute approximate surface area is 498 Å². The zero-order valence-corrected chi connectivity index (χ0v) is 49.4. The molecule has 84 heavy (non-hydrogen) atoms. The second-order valence-electron chi connectivity index (χ2n) is 24.2. The average molecular weight is 1100 g/mol. The van der Waals surface area contributed by atoms with Gasteiger partial charge in [0.15, 0.2) is 0 Å². The highest BCUT2D eigenvalue weighted by atomic mass is 32.2. The first-order chi connectivity index (χ1) is 41.0. The van der Waals surface area contributed by atoms with Crippen LogP contribution in [0.3, 0.4) is 0 Å². The maximum atomic E-state index is 7.03. The molecule has 12 aromatic rings. The molecule has 3 nitrogen and oxygen atoms in total. The van der Waals surface area contributed by atoms with Crippen molar-refractivity contribution in [3.05, 3.63) is 299 Å². The summed E-state index contributed by atoms with van der Waals surface area (Å²) in [6.07, 6.45) is 7.55. The molecule has 0 fully saturated rings. The Bertz CT molecular complexity index is 4680. The van der Waals surface area contributed by atoms with Gasteiger partial charge in [-0.1, -0.05) is 222 Å². The highest BCUT2D eigenvalue weighted by Crippen LogP contribution is 2.55. The molecule has 1 aliphatic heterocycles. The van der Waals surface area contributed by atoms with Gasteiger partial charge in [-0.2, -0.15) is 0 Å². The molecule has 2 aliphatic carbocycles. The highest BCUT2D eigenvalue weighted by Gasteiger charge is 2.38. The molecule has 4 heteroatoms. The molecule has 0 radical (unpaired) electrons. The van der Waals surface area contributed by atoms with Crippen LogP contribution in [0.2, 0.25) is 0 Å². The summed E-state index contributed by atoms with van der Waals surface area (Å²) < 4.78 is 7.03. The van der Waals surface area contributed by atoms with E-state index in [2.05, 4.69) is 300 Å². The van der Waals surface area contributed by atoms with Crippen LogP contribution in [0.1, 0.15) is 111 Å². The van der Waals surface area contributed by atoms with Crippen LogP contribution in [-0.4, -0.2) is 0 Å². The summed E-state index contributed by atoms with van der Waals surface area (Å²) in [7, 11) is 0. The van der Waals surface area contributed by atoms with E-state index in [0.717, 1.165) is 70.0 Å². The molecule has 0 N–H and O–H groups in total. The van der Waals surface area contributed by atoms with Crippen LogP contribution in [-0.2, 0) is 17.3 Å². The summed E-state index contributed by atoms with van der Waals surface area (Å²) >= 11 is 1.90. The van der Waals surface area contributed by atoms with E-state index in [9.17, 15) is 0 Å². The predicted molar refractivity (Wildman–Crippen MR) is 355 cm³/mol. The second-order valence-corrected chi connectivity index (χ2v) is 25.3. The maximum Gasteiger partial charge on any atom is 0.134 e. The van der Waals surface area contributed by atoms with Crippen LogP contribution in [0.15, 0.2) is 263 Å². The number of hydrogen-bond acceptors (Lipinski definition) is 4. The van der Waals surface area contributed by atoms with Gasteiger partial charge in [0.05, 0.1) is 5.70 Å². The van der Waals surface area contributed by atoms with Gasteiger partial charge in [0.2, 0.25) is 0 Å².